The molecule has 16 heavy (non-hydrogen) atoms. The summed E-state index contributed by atoms with van der Waals surface area (Å²) in [7, 11) is 0. The van der Waals surface area contributed by atoms with Crippen LogP contribution in [0.2, 0.25) is 0 Å². The summed E-state index contributed by atoms with van der Waals surface area (Å²) in [5, 5.41) is 10.1. The maximum atomic E-state index is 12.1. The summed E-state index contributed by atoms with van der Waals surface area (Å²) in [4.78, 5) is 20.8. The molecule has 0 aliphatic rings. The minimum absolute atomic E-state index is 0.0135. The highest BCUT2D eigenvalue weighted by Crippen LogP contribution is 2.29. The topological polar surface area (TPSA) is 66.4 Å². The Morgan fingerprint density at radius 2 is 1.62 bits per heavy atom. The van der Waals surface area contributed by atoms with Crippen LogP contribution < -0.4 is 5.32 Å². The molecule has 0 aromatic heterocycles. The highest BCUT2D eigenvalue weighted by Gasteiger charge is 2.30. The normalized spacial score (nSPS) is 10.9. The van der Waals surface area contributed by atoms with Gasteiger partial charge in [0.1, 0.15) is 0 Å². The number of benzene rings is 1. The molecule has 0 bridgehead atoms. The highest BCUT2D eigenvalue weighted by atomic mass is 19.4. The molecule has 1 amide bonds. The van der Waals surface area contributed by atoms with Gasteiger partial charge in [-0.25, -0.2) is 4.79 Å². The Hall–Kier alpha value is -2.05. The minimum atomic E-state index is -4.46. The van der Waals surface area contributed by atoms with Crippen molar-refractivity contribution in [2.24, 2.45) is 0 Å². The lowest BCUT2D eigenvalue weighted by molar-refractivity contribution is -0.147. The van der Waals surface area contributed by atoms with Gasteiger partial charge in [-0.2, -0.15) is 13.2 Å². The Bertz CT molecular complexity index is 411. The van der Waals surface area contributed by atoms with Crippen molar-refractivity contribution in [2.75, 3.05) is 5.32 Å². The lowest BCUT2D eigenvalue weighted by Crippen LogP contribution is -2.21. The number of aliphatic carboxylic acids is 1. The van der Waals surface area contributed by atoms with Gasteiger partial charge in [0.25, 0.3) is 0 Å². The fourth-order valence-corrected chi connectivity index (χ4v) is 0.927. The van der Waals surface area contributed by atoms with E-state index in [0.717, 1.165) is 24.3 Å². The molecule has 0 fully saturated rings. The monoisotopic (exact) mass is 233 g/mol. The van der Waals surface area contributed by atoms with Gasteiger partial charge in [-0.05, 0) is 24.3 Å². The van der Waals surface area contributed by atoms with Crippen LogP contribution in [0, 0.1) is 0 Å². The number of hydrogen-bond acceptors (Lipinski definition) is 2. The summed E-state index contributed by atoms with van der Waals surface area (Å²) in [5.41, 5.74) is -0.888. The highest BCUT2D eigenvalue weighted by molar-refractivity contribution is 6.36. The molecule has 2 N–H and O–H groups in total. The minimum Gasteiger partial charge on any atom is -0.474 e. The van der Waals surface area contributed by atoms with E-state index in [1.54, 1.807) is 0 Å². The number of anilines is 1. The SMILES string of the molecule is O=C(O)C(=O)Nc1ccc(C(F)(F)F)cc1. The number of hydrogen-bond donors (Lipinski definition) is 2. The van der Waals surface area contributed by atoms with E-state index in [4.69, 9.17) is 5.11 Å². The first-order chi connectivity index (χ1) is 7.30. The average Bonchev–Trinajstić information content (AvgIpc) is 2.17. The standard InChI is InChI=1S/C9H6F3NO3/c10-9(11,12)5-1-3-6(4-2-5)13-7(14)8(15)16/h1-4H,(H,13,14)(H,15,16). The number of carboxylic acid groups (broad SMARTS) is 1. The fraction of sp³-hybridized carbons (Fsp3) is 0.111. The second-order valence-corrected chi connectivity index (χ2v) is 2.83. The molecule has 1 aromatic carbocycles. The quantitative estimate of drug-likeness (QED) is 0.726. The molecule has 7 heteroatoms. The number of halogens is 3. The van der Waals surface area contributed by atoms with Gasteiger partial charge in [-0.3, -0.25) is 4.79 Å². The molecular weight excluding hydrogens is 227 g/mol. The number of alkyl halides is 3. The van der Waals surface area contributed by atoms with Crippen molar-refractivity contribution in [3.63, 3.8) is 0 Å². The molecule has 0 unspecified atom stereocenters. The molecule has 4 nitrogen and oxygen atoms in total. The third-order valence-electron chi connectivity index (χ3n) is 1.66. The number of carbonyl (C=O) groups excluding carboxylic acids is 1. The predicted octanol–water partition coefficient (Wildman–Crippen LogP) is 1.73. The van der Waals surface area contributed by atoms with Crippen LogP contribution in [0.4, 0.5) is 18.9 Å². The van der Waals surface area contributed by atoms with E-state index in [9.17, 15) is 22.8 Å². The molecule has 86 valence electrons. The van der Waals surface area contributed by atoms with Crippen molar-refractivity contribution in [1.82, 2.24) is 0 Å². The van der Waals surface area contributed by atoms with Gasteiger partial charge in [-0.1, -0.05) is 0 Å². The number of amides is 1. The van der Waals surface area contributed by atoms with E-state index in [2.05, 4.69) is 0 Å². The summed E-state index contributed by atoms with van der Waals surface area (Å²) < 4.78 is 36.4. The van der Waals surface area contributed by atoms with Gasteiger partial charge in [-0.15, -0.1) is 0 Å². The van der Waals surface area contributed by atoms with E-state index in [-0.39, 0.29) is 5.69 Å². The van der Waals surface area contributed by atoms with Crippen LogP contribution in [0.25, 0.3) is 0 Å². The first-order valence-electron chi connectivity index (χ1n) is 4.02. The number of rotatable bonds is 1. The Morgan fingerprint density at radius 1 is 1.12 bits per heavy atom. The molecule has 0 saturated carbocycles. The molecule has 0 atom stereocenters. The maximum absolute atomic E-state index is 12.1. The second-order valence-electron chi connectivity index (χ2n) is 2.83. The summed E-state index contributed by atoms with van der Waals surface area (Å²) in [6.07, 6.45) is -4.46. The molecule has 1 aromatic rings. The van der Waals surface area contributed by atoms with E-state index in [0.29, 0.717) is 0 Å². The zero-order valence-corrected chi connectivity index (χ0v) is 7.71. The van der Waals surface area contributed by atoms with Crippen LogP contribution in [0.15, 0.2) is 24.3 Å². The Kier molecular flexibility index (Phi) is 3.17. The van der Waals surface area contributed by atoms with Crippen LogP contribution in [0.1, 0.15) is 5.56 Å². The van der Waals surface area contributed by atoms with Crippen molar-refractivity contribution in [3.05, 3.63) is 29.8 Å². The lowest BCUT2D eigenvalue weighted by atomic mass is 10.2. The van der Waals surface area contributed by atoms with Crippen molar-refractivity contribution < 1.29 is 27.9 Å². The molecular formula is C9H6F3NO3. The molecule has 0 aliphatic carbocycles. The zero-order chi connectivity index (χ0) is 12.3. The van der Waals surface area contributed by atoms with Gasteiger partial charge >= 0.3 is 18.1 Å². The predicted molar refractivity (Wildman–Crippen MR) is 47.7 cm³/mol. The van der Waals surface area contributed by atoms with Gasteiger partial charge in [0.2, 0.25) is 0 Å². The van der Waals surface area contributed by atoms with E-state index < -0.39 is 23.6 Å². The second kappa shape index (κ2) is 4.21. The first kappa shape index (κ1) is 12.0. The summed E-state index contributed by atoms with van der Waals surface area (Å²) in [6, 6.07) is 3.45. The van der Waals surface area contributed by atoms with Crippen LogP contribution in [-0.2, 0) is 15.8 Å². The van der Waals surface area contributed by atoms with Crippen LogP contribution in [0.5, 0.6) is 0 Å². The van der Waals surface area contributed by atoms with Crippen molar-refractivity contribution in [3.8, 4) is 0 Å². The molecule has 0 aliphatic heterocycles. The van der Waals surface area contributed by atoms with Crippen molar-refractivity contribution >= 4 is 17.6 Å². The van der Waals surface area contributed by atoms with Gasteiger partial charge in [0.15, 0.2) is 0 Å². The van der Waals surface area contributed by atoms with E-state index >= 15 is 0 Å². The molecule has 0 spiro atoms. The summed E-state index contributed by atoms with van der Waals surface area (Å²) in [5.74, 6) is -3.01. The molecule has 0 saturated heterocycles. The average molecular weight is 233 g/mol. The van der Waals surface area contributed by atoms with Gasteiger partial charge in [0, 0.05) is 5.69 Å². The van der Waals surface area contributed by atoms with Gasteiger partial charge < -0.3 is 10.4 Å². The lowest BCUT2D eigenvalue weighted by Gasteiger charge is -2.07. The largest absolute Gasteiger partial charge is 0.474 e. The smallest absolute Gasteiger partial charge is 0.416 e. The molecule has 1 rings (SSSR count). The maximum Gasteiger partial charge on any atom is 0.416 e. The molecule has 0 heterocycles. The Balaban J connectivity index is 2.80. The Labute approximate surface area is 87.7 Å². The van der Waals surface area contributed by atoms with Crippen molar-refractivity contribution in [1.29, 1.82) is 0 Å². The van der Waals surface area contributed by atoms with Gasteiger partial charge in [0.05, 0.1) is 5.56 Å². The summed E-state index contributed by atoms with van der Waals surface area (Å²) in [6.45, 7) is 0. The third kappa shape index (κ3) is 2.97. The van der Waals surface area contributed by atoms with E-state index in [1.807, 2.05) is 5.32 Å². The summed E-state index contributed by atoms with van der Waals surface area (Å²) >= 11 is 0. The number of carboxylic acids is 1. The number of carbonyl (C=O) groups is 2. The van der Waals surface area contributed by atoms with Crippen molar-refractivity contribution in [2.45, 2.75) is 6.18 Å². The van der Waals surface area contributed by atoms with Crippen LogP contribution in [0.3, 0.4) is 0 Å². The van der Waals surface area contributed by atoms with Crippen LogP contribution >= 0.6 is 0 Å². The third-order valence-corrected chi connectivity index (χ3v) is 1.66. The zero-order valence-electron chi connectivity index (χ0n) is 7.71. The Morgan fingerprint density at radius 3 is 2.00 bits per heavy atom. The molecule has 0 radical (unpaired) electrons. The number of nitrogens with one attached hydrogen (secondary N) is 1. The fourth-order valence-electron chi connectivity index (χ4n) is 0.927. The van der Waals surface area contributed by atoms with E-state index in [1.165, 1.54) is 0 Å². The first-order valence-corrected chi connectivity index (χ1v) is 4.02. The van der Waals surface area contributed by atoms with Crippen LogP contribution in [-0.4, -0.2) is 17.0 Å².